The number of hydrogen-bond donors (Lipinski definition) is 1. The lowest BCUT2D eigenvalue weighted by molar-refractivity contribution is -0.0505. The molecule has 0 atom stereocenters. The van der Waals surface area contributed by atoms with E-state index in [1.807, 2.05) is 30.3 Å². The summed E-state index contributed by atoms with van der Waals surface area (Å²) in [5.41, 5.74) is 0.271. The van der Waals surface area contributed by atoms with Crippen LogP contribution in [-0.2, 0) is 0 Å². The van der Waals surface area contributed by atoms with Crippen molar-refractivity contribution in [3.05, 3.63) is 41.3 Å². The second-order valence-corrected chi connectivity index (χ2v) is 8.83. The van der Waals surface area contributed by atoms with Gasteiger partial charge in [0.05, 0.1) is 25.6 Å². The Bertz CT molecular complexity index is 868. The number of aromatic nitrogens is 1. The molecule has 4 rings (SSSR count). The zero-order valence-corrected chi connectivity index (χ0v) is 15.2. The third-order valence-corrected chi connectivity index (χ3v) is 6.77. The number of likely N-dealkylation sites (tertiary alicyclic amines) is 1. The van der Waals surface area contributed by atoms with E-state index in [1.54, 1.807) is 30.1 Å². The van der Waals surface area contributed by atoms with Crippen LogP contribution >= 0.6 is 22.7 Å². The van der Waals surface area contributed by atoms with Crippen molar-refractivity contribution in [1.82, 2.24) is 9.88 Å². The molecule has 3 aromatic rings. The number of rotatable bonds is 3. The van der Waals surface area contributed by atoms with Gasteiger partial charge >= 0.3 is 0 Å². The van der Waals surface area contributed by atoms with Crippen LogP contribution in [0.4, 0.5) is 0 Å². The van der Waals surface area contributed by atoms with Gasteiger partial charge in [0.1, 0.15) is 5.01 Å². The molecule has 0 saturated carbocycles. The summed E-state index contributed by atoms with van der Waals surface area (Å²) in [6.45, 7) is 4.85. The standard InChI is InChI=1S/C18H18N2O2S2/c1-18(2,22)11-9-20(10-11)17(21)15-8-7-14(23-15)16-19-12-5-3-4-6-13(12)24-16/h3-8,11,22H,9-10H2,1-2H3. The van der Waals surface area contributed by atoms with Gasteiger partial charge < -0.3 is 10.0 Å². The lowest BCUT2D eigenvalue weighted by Crippen LogP contribution is -2.57. The van der Waals surface area contributed by atoms with Crippen LogP contribution in [0.3, 0.4) is 0 Å². The van der Waals surface area contributed by atoms with Crippen LogP contribution in [0.5, 0.6) is 0 Å². The van der Waals surface area contributed by atoms with Crippen molar-refractivity contribution in [2.45, 2.75) is 19.4 Å². The largest absolute Gasteiger partial charge is 0.390 e. The number of hydrogen-bond acceptors (Lipinski definition) is 5. The van der Waals surface area contributed by atoms with Gasteiger partial charge in [-0.15, -0.1) is 22.7 Å². The van der Waals surface area contributed by atoms with Crippen molar-refractivity contribution < 1.29 is 9.90 Å². The van der Waals surface area contributed by atoms with E-state index in [0.717, 1.165) is 25.0 Å². The van der Waals surface area contributed by atoms with Gasteiger partial charge in [-0.1, -0.05) is 12.1 Å². The molecule has 1 fully saturated rings. The number of carbonyl (C=O) groups excluding carboxylic acids is 1. The molecule has 6 heteroatoms. The Kier molecular flexibility index (Phi) is 3.71. The average Bonchev–Trinajstić information content (AvgIpc) is 3.10. The summed E-state index contributed by atoms with van der Waals surface area (Å²) in [4.78, 5) is 20.8. The lowest BCUT2D eigenvalue weighted by atomic mass is 9.84. The number of amides is 1. The van der Waals surface area contributed by atoms with E-state index in [0.29, 0.717) is 13.1 Å². The first kappa shape index (κ1) is 15.7. The maximum absolute atomic E-state index is 12.6. The molecule has 0 aliphatic carbocycles. The summed E-state index contributed by atoms with van der Waals surface area (Å²) in [6.07, 6.45) is 0. The highest BCUT2D eigenvalue weighted by atomic mass is 32.1. The van der Waals surface area contributed by atoms with E-state index < -0.39 is 5.60 Å². The number of nitrogens with zero attached hydrogens (tertiary/aromatic N) is 2. The van der Waals surface area contributed by atoms with Crippen LogP contribution in [0, 0.1) is 5.92 Å². The second-order valence-electron chi connectivity index (χ2n) is 6.71. The summed E-state index contributed by atoms with van der Waals surface area (Å²) >= 11 is 3.14. The van der Waals surface area contributed by atoms with Crippen LogP contribution in [-0.4, -0.2) is 39.6 Å². The summed E-state index contributed by atoms with van der Waals surface area (Å²) in [5, 5.41) is 10.9. The number of fused-ring (bicyclic) bond motifs is 1. The van der Waals surface area contributed by atoms with Gasteiger partial charge in [0.25, 0.3) is 5.91 Å². The average molecular weight is 358 g/mol. The van der Waals surface area contributed by atoms with Crippen molar-refractivity contribution in [2.24, 2.45) is 5.92 Å². The minimum absolute atomic E-state index is 0.0489. The van der Waals surface area contributed by atoms with Crippen molar-refractivity contribution in [3.63, 3.8) is 0 Å². The molecule has 1 aliphatic heterocycles. The summed E-state index contributed by atoms with van der Waals surface area (Å²) in [6, 6.07) is 11.9. The normalized spacial score (nSPS) is 15.7. The first-order valence-electron chi connectivity index (χ1n) is 7.89. The number of aliphatic hydroxyl groups is 1. The molecule has 3 heterocycles. The maximum Gasteiger partial charge on any atom is 0.263 e. The molecule has 1 saturated heterocycles. The maximum atomic E-state index is 12.6. The lowest BCUT2D eigenvalue weighted by Gasteiger charge is -2.45. The fourth-order valence-electron chi connectivity index (χ4n) is 2.79. The Morgan fingerprint density at radius 1 is 1.21 bits per heavy atom. The van der Waals surface area contributed by atoms with Crippen LogP contribution in [0.2, 0.25) is 0 Å². The number of thiazole rings is 1. The molecule has 0 unspecified atom stereocenters. The van der Waals surface area contributed by atoms with Gasteiger partial charge in [0, 0.05) is 19.0 Å². The van der Waals surface area contributed by atoms with E-state index in [9.17, 15) is 9.90 Å². The van der Waals surface area contributed by atoms with Crippen LogP contribution < -0.4 is 0 Å². The van der Waals surface area contributed by atoms with Crippen molar-refractivity contribution in [3.8, 4) is 9.88 Å². The summed E-state index contributed by atoms with van der Waals surface area (Å²) < 4.78 is 1.16. The number of para-hydroxylation sites is 1. The topological polar surface area (TPSA) is 53.4 Å². The molecule has 0 spiro atoms. The highest BCUT2D eigenvalue weighted by Crippen LogP contribution is 2.36. The first-order valence-corrected chi connectivity index (χ1v) is 9.52. The molecule has 24 heavy (non-hydrogen) atoms. The molecular formula is C18H18N2O2S2. The third-order valence-electron chi connectivity index (χ3n) is 4.49. The van der Waals surface area contributed by atoms with Gasteiger partial charge in [-0.3, -0.25) is 4.79 Å². The van der Waals surface area contributed by atoms with E-state index in [1.165, 1.54) is 11.3 Å². The van der Waals surface area contributed by atoms with Crippen LogP contribution in [0.25, 0.3) is 20.1 Å². The summed E-state index contributed by atoms with van der Waals surface area (Å²) in [5.74, 6) is 0.206. The van der Waals surface area contributed by atoms with Gasteiger partial charge in [0.2, 0.25) is 0 Å². The van der Waals surface area contributed by atoms with Gasteiger partial charge in [0.15, 0.2) is 0 Å². The molecule has 1 amide bonds. The fourth-order valence-corrected chi connectivity index (χ4v) is 4.79. The third kappa shape index (κ3) is 2.75. The minimum Gasteiger partial charge on any atom is -0.390 e. The number of carbonyl (C=O) groups is 1. The van der Waals surface area contributed by atoms with E-state index in [4.69, 9.17) is 0 Å². The predicted molar refractivity (Wildman–Crippen MR) is 98.6 cm³/mol. The Hall–Kier alpha value is -1.76. The second kappa shape index (κ2) is 5.65. The zero-order valence-electron chi connectivity index (χ0n) is 13.5. The monoisotopic (exact) mass is 358 g/mol. The Morgan fingerprint density at radius 2 is 1.96 bits per heavy atom. The quantitative estimate of drug-likeness (QED) is 0.773. The Morgan fingerprint density at radius 3 is 2.67 bits per heavy atom. The van der Waals surface area contributed by atoms with Crippen molar-refractivity contribution in [2.75, 3.05) is 13.1 Å². The molecule has 124 valence electrons. The molecule has 0 bridgehead atoms. The Balaban J connectivity index is 1.52. The van der Waals surface area contributed by atoms with Crippen LogP contribution in [0.15, 0.2) is 36.4 Å². The smallest absolute Gasteiger partial charge is 0.263 e. The van der Waals surface area contributed by atoms with Gasteiger partial charge in [-0.25, -0.2) is 4.98 Å². The predicted octanol–water partition coefficient (Wildman–Crippen LogP) is 3.87. The number of thiophene rings is 1. The highest BCUT2D eigenvalue weighted by Gasteiger charge is 2.40. The van der Waals surface area contributed by atoms with E-state index in [-0.39, 0.29) is 11.8 Å². The van der Waals surface area contributed by atoms with Crippen molar-refractivity contribution in [1.29, 1.82) is 0 Å². The molecule has 1 aliphatic rings. The minimum atomic E-state index is -0.724. The molecule has 2 aromatic heterocycles. The number of benzene rings is 1. The van der Waals surface area contributed by atoms with Gasteiger partial charge in [-0.05, 0) is 38.1 Å². The highest BCUT2D eigenvalue weighted by molar-refractivity contribution is 7.26. The Labute approximate surface area is 148 Å². The molecule has 1 N–H and O–H groups in total. The molecule has 4 nitrogen and oxygen atoms in total. The van der Waals surface area contributed by atoms with Crippen LogP contribution in [0.1, 0.15) is 23.5 Å². The van der Waals surface area contributed by atoms with Gasteiger partial charge in [-0.2, -0.15) is 0 Å². The fraction of sp³-hybridized carbons (Fsp3) is 0.333. The van der Waals surface area contributed by atoms with E-state index in [2.05, 4.69) is 11.1 Å². The van der Waals surface area contributed by atoms with Crippen molar-refractivity contribution >= 4 is 38.8 Å². The molecular weight excluding hydrogens is 340 g/mol. The molecule has 1 aromatic carbocycles. The zero-order chi connectivity index (χ0) is 16.9. The SMILES string of the molecule is CC(C)(O)C1CN(C(=O)c2ccc(-c3nc4ccccc4s3)s2)C1. The van der Waals surface area contributed by atoms with E-state index >= 15 is 0 Å². The molecule has 0 radical (unpaired) electrons. The summed E-state index contributed by atoms with van der Waals surface area (Å²) in [7, 11) is 0. The first-order chi connectivity index (χ1) is 11.4.